The maximum absolute atomic E-state index is 13.1. The lowest BCUT2D eigenvalue weighted by molar-refractivity contribution is 0.213. The molecule has 14 heavy (non-hydrogen) atoms. The van der Waals surface area contributed by atoms with Crippen molar-refractivity contribution in [3.05, 3.63) is 41.7 Å². The fourth-order valence-electron chi connectivity index (χ4n) is 1.98. The van der Waals surface area contributed by atoms with E-state index in [4.69, 9.17) is 0 Å². The van der Waals surface area contributed by atoms with E-state index in [0.29, 0.717) is 5.56 Å². The van der Waals surface area contributed by atoms with Gasteiger partial charge in [0.05, 0.1) is 0 Å². The predicted molar refractivity (Wildman–Crippen MR) is 52.5 cm³/mol. The first kappa shape index (κ1) is 7.76. The molecule has 1 unspecified atom stereocenters. The van der Waals surface area contributed by atoms with Crippen molar-refractivity contribution < 1.29 is 9.50 Å². The summed E-state index contributed by atoms with van der Waals surface area (Å²) in [6.45, 7) is 0. The molecule has 2 aromatic carbocycles. The summed E-state index contributed by atoms with van der Waals surface area (Å²) in [5.74, 6) is -0.313. The molecule has 0 aromatic heterocycles. The zero-order valence-electron chi connectivity index (χ0n) is 7.29. The Hall–Kier alpha value is -1.61. The molecule has 3 heteroatoms. The fraction of sp³-hybridized carbons (Fsp3) is 0.0909. The zero-order chi connectivity index (χ0) is 9.71. The monoisotopic (exact) mass is 189 g/mol. The number of aliphatic hydroxyl groups excluding tert-OH is 1. The number of benzene rings is 2. The number of rotatable bonds is 0. The Kier molecular flexibility index (Phi) is 1.36. The molecule has 1 aliphatic rings. The summed E-state index contributed by atoms with van der Waals surface area (Å²) in [6.07, 6.45) is -0.786. The van der Waals surface area contributed by atoms with Gasteiger partial charge < -0.3 is 10.4 Å². The molecule has 2 N–H and O–H groups in total. The zero-order valence-corrected chi connectivity index (χ0v) is 7.29. The van der Waals surface area contributed by atoms with E-state index < -0.39 is 6.23 Å². The van der Waals surface area contributed by atoms with Gasteiger partial charge in [-0.1, -0.05) is 12.1 Å². The minimum atomic E-state index is -0.786. The molecular weight excluding hydrogens is 181 g/mol. The molecule has 2 nitrogen and oxygen atoms in total. The lowest BCUT2D eigenvalue weighted by Gasteiger charge is -2.03. The van der Waals surface area contributed by atoms with Crippen molar-refractivity contribution in [1.82, 2.24) is 0 Å². The minimum Gasteiger partial charge on any atom is -0.369 e. The number of anilines is 1. The molecule has 1 aliphatic heterocycles. The average Bonchev–Trinajstić information content (AvgIpc) is 2.45. The molecule has 0 saturated heterocycles. The van der Waals surface area contributed by atoms with Crippen molar-refractivity contribution in [2.75, 3.05) is 5.32 Å². The Labute approximate surface area is 80.0 Å². The van der Waals surface area contributed by atoms with E-state index in [1.165, 1.54) is 12.1 Å². The summed E-state index contributed by atoms with van der Waals surface area (Å²) < 4.78 is 13.1. The van der Waals surface area contributed by atoms with Crippen molar-refractivity contribution in [3.63, 3.8) is 0 Å². The second-order valence-electron chi connectivity index (χ2n) is 3.45. The summed E-state index contributed by atoms with van der Waals surface area (Å²) in [6, 6.07) is 8.40. The molecule has 1 atom stereocenters. The van der Waals surface area contributed by atoms with Crippen LogP contribution in [-0.4, -0.2) is 5.11 Å². The van der Waals surface area contributed by atoms with Crippen molar-refractivity contribution in [1.29, 1.82) is 0 Å². The molecule has 0 bridgehead atoms. The lowest BCUT2D eigenvalue weighted by Crippen LogP contribution is -2.02. The number of aliphatic hydroxyl groups is 1. The van der Waals surface area contributed by atoms with Gasteiger partial charge in [0.15, 0.2) is 6.23 Å². The van der Waals surface area contributed by atoms with Gasteiger partial charge in [0.2, 0.25) is 0 Å². The standard InChI is InChI=1S/C11H8FNO/c12-7-4-6-2-1-3-9-10(6)8(5-7)11(14)13-9/h1-5,11,13-14H. The van der Waals surface area contributed by atoms with Crippen LogP contribution in [0, 0.1) is 5.82 Å². The van der Waals surface area contributed by atoms with E-state index in [0.717, 1.165) is 16.5 Å². The van der Waals surface area contributed by atoms with Crippen LogP contribution in [0.2, 0.25) is 0 Å². The average molecular weight is 189 g/mol. The van der Waals surface area contributed by atoms with Crippen molar-refractivity contribution in [2.45, 2.75) is 6.23 Å². The van der Waals surface area contributed by atoms with Crippen LogP contribution in [0.5, 0.6) is 0 Å². The molecule has 70 valence electrons. The van der Waals surface area contributed by atoms with E-state index >= 15 is 0 Å². The van der Waals surface area contributed by atoms with Crippen LogP contribution in [0.3, 0.4) is 0 Å². The van der Waals surface area contributed by atoms with Crippen LogP contribution in [0.25, 0.3) is 10.8 Å². The SMILES string of the molecule is OC1Nc2cccc3cc(F)cc1c23. The number of hydrogen-bond acceptors (Lipinski definition) is 2. The van der Waals surface area contributed by atoms with Gasteiger partial charge in [0.25, 0.3) is 0 Å². The third-order valence-corrected chi connectivity index (χ3v) is 2.56. The van der Waals surface area contributed by atoms with Crippen LogP contribution < -0.4 is 5.32 Å². The lowest BCUT2D eigenvalue weighted by atomic mass is 10.1. The Morgan fingerprint density at radius 3 is 3.00 bits per heavy atom. The molecule has 0 amide bonds. The third kappa shape index (κ3) is 0.873. The van der Waals surface area contributed by atoms with Crippen LogP contribution >= 0.6 is 0 Å². The largest absolute Gasteiger partial charge is 0.369 e. The topological polar surface area (TPSA) is 32.3 Å². The normalized spacial score (nSPS) is 18.6. The van der Waals surface area contributed by atoms with E-state index in [-0.39, 0.29) is 5.82 Å². The Balaban J connectivity index is 2.50. The Morgan fingerprint density at radius 2 is 2.14 bits per heavy atom. The van der Waals surface area contributed by atoms with Crippen molar-refractivity contribution in [2.24, 2.45) is 0 Å². The maximum atomic E-state index is 13.1. The van der Waals surface area contributed by atoms with Gasteiger partial charge in [-0.2, -0.15) is 0 Å². The molecule has 0 radical (unpaired) electrons. The second kappa shape index (κ2) is 2.45. The first-order chi connectivity index (χ1) is 6.75. The van der Waals surface area contributed by atoms with Crippen LogP contribution in [0.1, 0.15) is 11.8 Å². The second-order valence-corrected chi connectivity index (χ2v) is 3.45. The first-order valence-corrected chi connectivity index (χ1v) is 4.42. The summed E-state index contributed by atoms with van der Waals surface area (Å²) >= 11 is 0. The van der Waals surface area contributed by atoms with Crippen molar-refractivity contribution in [3.8, 4) is 0 Å². The molecule has 0 saturated carbocycles. The van der Waals surface area contributed by atoms with Gasteiger partial charge in [-0.25, -0.2) is 4.39 Å². The van der Waals surface area contributed by atoms with E-state index in [1.54, 1.807) is 0 Å². The number of nitrogens with one attached hydrogen (secondary N) is 1. The van der Waals surface area contributed by atoms with Gasteiger partial charge in [0, 0.05) is 16.6 Å². The molecule has 0 aliphatic carbocycles. The summed E-state index contributed by atoms with van der Waals surface area (Å²) in [5.41, 5.74) is 1.49. The Morgan fingerprint density at radius 1 is 1.29 bits per heavy atom. The number of hydrogen-bond donors (Lipinski definition) is 2. The van der Waals surface area contributed by atoms with Gasteiger partial charge in [-0.3, -0.25) is 0 Å². The van der Waals surface area contributed by atoms with Crippen molar-refractivity contribution >= 4 is 16.5 Å². The van der Waals surface area contributed by atoms with E-state index in [1.807, 2.05) is 18.2 Å². The van der Waals surface area contributed by atoms with Gasteiger partial charge >= 0.3 is 0 Å². The van der Waals surface area contributed by atoms with Gasteiger partial charge in [-0.15, -0.1) is 0 Å². The summed E-state index contributed by atoms with van der Waals surface area (Å²) in [7, 11) is 0. The highest BCUT2D eigenvalue weighted by Crippen LogP contribution is 2.38. The van der Waals surface area contributed by atoms with Gasteiger partial charge in [-0.05, 0) is 23.6 Å². The molecule has 0 spiro atoms. The molecule has 0 fully saturated rings. The van der Waals surface area contributed by atoms with Crippen LogP contribution in [0.15, 0.2) is 30.3 Å². The highest BCUT2D eigenvalue weighted by Gasteiger charge is 2.21. The summed E-state index contributed by atoms with van der Waals surface area (Å²) in [4.78, 5) is 0. The Bertz CT molecular complexity index is 524. The quantitative estimate of drug-likeness (QED) is 0.667. The highest BCUT2D eigenvalue weighted by molar-refractivity contribution is 5.99. The van der Waals surface area contributed by atoms with Crippen LogP contribution in [0.4, 0.5) is 10.1 Å². The van der Waals surface area contributed by atoms with Gasteiger partial charge in [0.1, 0.15) is 5.82 Å². The first-order valence-electron chi connectivity index (χ1n) is 4.42. The molecule has 3 rings (SSSR count). The van der Waals surface area contributed by atoms with E-state index in [9.17, 15) is 9.50 Å². The summed E-state index contributed by atoms with van der Waals surface area (Å²) in [5, 5.41) is 14.2. The molecular formula is C11H8FNO. The number of halogens is 1. The smallest absolute Gasteiger partial charge is 0.151 e. The third-order valence-electron chi connectivity index (χ3n) is 2.56. The molecule has 1 heterocycles. The van der Waals surface area contributed by atoms with Crippen LogP contribution in [-0.2, 0) is 0 Å². The maximum Gasteiger partial charge on any atom is 0.151 e. The highest BCUT2D eigenvalue weighted by atomic mass is 19.1. The van der Waals surface area contributed by atoms with E-state index in [2.05, 4.69) is 5.32 Å². The predicted octanol–water partition coefficient (Wildman–Crippen LogP) is 2.40. The fourth-order valence-corrected chi connectivity index (χ4v) is 1.98. The molecule has 2 aromatic rings. The minimum absolute atomic E-state index is 0.313.